The van der Waals surface area contributed by atoms with Crippen molar-refractivity contribution in [3.8, 4) is 11.6 Å². The molecule has 0 saturated heterocycles. The van der Waals surface area contributed by atoms with Crippen LogP contribution in [0.4, 0.5) is 11.6 Å². The molecule has 1 unspecified atom stereocenters. The van der Waals surface area contributed by atoms with Gasteiger partial charge in [-0.3, -0.25) is 9.78 Å². The van der Waals surface area contributed by atoms with E-state index in [9.17, 15) is 4.79 Å². The molecule has 4 heterocycles. The van der Waals surface area contributed by atoms with Gasteiger partial charge in [0.25, 0.3) is 5.91 Å². The highest BCUT2D eigenvalue weighted by molar-refractivity contribution is 6.31. The lowest BCUT2D eigenvalue weighted by molar-refractivity contribution is -0.113. The zero-order valence-electron chi connectivity index (χ0n) is 16.4. The van der Waals surface area contributed by atoms with Crippen LogP contribution in [-0.2, 0) is 4.79 Å². The van der Waals surface area contributed by atoms with Crippen LogP contribution < -0.4 is 10.6 Å². The van der Waals surface area contributed by atoms with Gasteiger partial charge in [0.1, 0.15) is 6.04 Å². The number of hydrogen-bond acceptors (Lipinski definition) is 6. The Bertz CT molecular complexity index is 1280. The van der Waals surface area contributed by atoms with Crippen molar-refractivity contribution < 1.29 is 9.21 Å². The van der Waals surface area contributed by atoms with E-state index in [2.05, 4.69) is 25.7 Å². The molecule has 0 bridgehead atoms. The molecule has 4 aromatic rings. The summed E-state index contributed by atoms with van der Waals surface area (Å²) >= 11 is 6.54. The predicted octanol–water partition coefficient (Wildman–Crippen LogP) is 4.51. The Labute approximate surface area is 182 Å². The maximum atomic E-state index is 13.4. The molecule has 31 heavy (non-hydrogen) atoms. The van der Waals surface area contributed by atoms with Crippen LogP contribution in [0, 0.1) is 0 Å². The molecule has 0 radical (unpaired) electrons. The number of benzene rings is 1. The van der Waals surface area contributed by atoms with E-state index in [0.717, 1.165) is 5.56 Å². The molecule has 5 rings (SSSR count). The number of anilines is 2. The number of nitrogens with zero attached hydrogens (tertiary/aromatic N) is 4. The Morgan fingerprint density at radius 3 is 2.81 bits per heavy atom. The Hall–Kier alpha value is -3.91. The summed E-state index contributed by atoms with van der Waals surface area (Å²) in [7, 11) is 0. The van der Waals surface area contributed by atoms with E-state index in [1.54, 1.807) is 53.7 Å². The molecule has 3 aromatic heterocycles. The minimum absolute atomic E-state index is 0.288. The van der Waals surface area contributed by atoms with Crippen LogP contribution in [0.15, 0.2) is 82.9 Å². The molecule has 0 spiro atoms. The van der Waals surface area contributed by atoms with Gasteiger partial charge >= 0.3 is 0 Å². The Morgan fingerprint density at radius 1 is 1.19 bits per heavy atom. The van der Waals surface area contributed by atoms with Crippen molar-refractivity contribution in [1.29, 1.82) is 0 Å². The number of fused-ring (bicyclic) bond motifs is 1. The number of allylic oxidation sites excluding steroid dienone is 1. The fraction of sp³-hybridized carbons (Fsp3) is 0.0909. The number of furan rings is 1. The highest BCUT2D eigenvalue weighted by Gasteiger charge is 2.35. The van der Waals surface area contributed by atoms with Crippen molar-refractivity contribution in [3.63, 3.8) is 0 Å². The van der Waals surface area contributed by atoms with E-state index >= 15 is 0 Å². The van der Waals surface area contributed by atoms with Crippen LogP contribution >= 0.6 is 11.6 Å². The SMILES string of the molecule is CC1=C(C(=O)Nc2cccnc2)C(c2ccccc2Cl)n2nc(-c3ccco3)nc2N1. The van der Waals surface area contributed by atoms with Gasteiger partial charge in [-0.15, -0.1) is 5.10 Å². The van der Waals surface area contributed by atoms with Gasteiger partial charge < -0.3 is 15.1 Å². The second-order valence-corrected chi connectivity index (χ2v) is 7.37. The monoisotopic (exact) mass is 432 g/mol. The molecule has 1 aromatic carbocycles. The molecule has 9 heteroatoms. The van der Waals surface area contributed by atoms with E-state index in [-0.39, 0.29) is 5.91 Å². The Morgan fingerprint density at radius 2 is 2.06 bits per heavy atom. The summed E-state index contributed by atoms with van der Waals surface area (Å²) in [6.07, 6.45) is 4.79. The zero-order chi connectivity index (χ0) is 21.4. The molecule has 1 amide bonds. The first-order chi connectivity index (χ1) is 15.1. The van der Waals surface area contributed by atoms with Crippen molar-refractivity contribution in [3.05, 3.63) is 89.0 Å². The highest BCUT2D eigenvalue weighted by atomic mass is 35.5. The van der Waals surface area contributed by atoms with Gasteiger partial charge in [0.15, 0.2) is 5.76 Å². The number of pyridine rings is 1. The summed E-state index contributed by atoms with van der Waals surface area (Å²) in [6, 6.07) is 13.9. The Kier molecular flexibility index (Phi) is 4.76. The molecule has 1 atom stereocenters. The molecule has 0 fully saturated rings. The van der Waals surface area contributed by atoms with Crippen LogP contribution in [0.3, 0.4) is 0 Å². The summed E-state index contributed by atoms with van der Waals surface area (Å²) < 4.78 is 7.11. The lowest BCUT2D eigenvalue weighted by atomic mass is 9.95. The van der Waals surface area contributed by atoms with Crippen molar-refractivity contribution in [2.45, 2.75) is 13.0 Å². The molecule has 0 aliphatic carbocycles. The molecular formula is C22H17ClN6O2. The maximum absolute atomic E-state index is 13.4. The van der Waals surface area contributed by atoms with Crippen LogP contribution in [0.2, 0.25) is 5.02 Å². The normalized spacial score (nSPS) is 15.4. The molecule has 1 aliphatic heterocycles. The van der Waals surface area contributed by atoms with Crippen molar-refractivity contribution in [2.24, 2.45) is 0 Å². The molecular weight excluding hydrogens is 416 g/mol. The van der Waals surface area contributed by atoms with Crippen LogP contribution in [0.5, 0.6) is 0 Å². The minimum Gasteiger partial charge on any atom is -0.461 e. The number of nitrogens with one attached hydrogen (secondary N) is 2. The van der Waals surface area contributed by atoms with Crippen molar-refractivity contribution in [1.82, 2.24) is 19.7 Å². The molecule has 0 saturated carbocycles. The van der Waals surface area contributed by atoms with E-state index in [1.807, 2.05) is 25.1 Å². The number of carbonyl (C=O) groups excluding carboxylic acids is 1. The number of carbonyl (C=O) groups is 1. The topological polar surface area (TPSA) is 97.9 Å². The van der Waals surface area contributed by atoms with Gasteiger partial charge in [0.05, 0.1) is 23.7 Å². The number of rotatable bonds is 4. The third-order valence-corrected chi connectivity index (χ3v) is 5.30. The third kappa shape index (κ3) is 3.47. The molecule has 2 N–H and O–H groups in total. The van der Waals surface area contributed by atoms with Crippen LogP contribution in [0.1, 0.15) is 18.5 Å². The van der Waals surface area contributed by atoms with Crippen molar-refractivity contribution in [2.75, 3.05) is 10.6 Å². The third-order valence-electron chi connectivity index (χ3n) is 4.96. The van der Waals surface area contributed by atoms with E-state index in [0.29, 0.717) is 39.5 Å². The minimum atomic E-state index is -0.585. The van der Waals surface area contributed by atoms with Crippen molar-refractivity contribution >= 4 is 29.1 Å². The van der Waals surface area contributed by atoms with Gasteiger partial charge in [0, 0.05) is 22.5 Å². The van der Waals surface area contributed by atoms with Gasteiger partial charge in [0.2, 0.25) is 11.8 Å². The van der Waals surface area contributed by atoms with Gasteiger partial charge in [-0.05, 0) is 37.3 Å². The Balaban J connectivity index is 1.63. The largest absolute Gasteiger partial charge is 0.461 e. The van der Waals surface area contributed by atoms with Crippen LogP contribution in [0.25, 0.3) is 11.6 Å². The molecule has 8 nitrogen and oxygen atoms in total. The van der Waals surface area contributed by atoms with E-state index in [4.69, 9.17) is 16.0 Å². The number of aromatic nitrogens is 4. The second-order valence-electron chi connectivity index (χ2n) is 6.96. The molecule has 1 aliphatic rings. The predicted molar refractivity (Wildman–Crippen MR) is 117 cm³/mol. The second kappa shape index (κ2) is 7.73. The summed E-state index contributed by atoms with van der Waals surface area (Å²) in [5.74, 6) is 1.14. The lowest BCUT2D eigenvalue weighted by Gasteiger charge is -2.29. The van der Waals surface area contributed by atoms with Gasteiger partial charge in [-0.1, -0.05) is 29.8 Å². The van der Waals surface area contributed by atoms with E-state index < -0.39 is 6.04 Å². The summed E-state index contributed by atoms with van der Waals surface area (Å²) in [5, 5.41) is 11.2. The number of amides is 1. The quantitative estimate of drug-likeness (QED) is 0.492. The fourth-order valence-corrected chi connectivity index (χ4v) is 3.81. The molecule has 154 valence electrons. The lowest BCUT2D eigenvalue weighted by Crippen LogP contribution is -2.31. The average Bonchev–Trinajstić information content (AvgIpc) is 3.43. The summed E-state index contributed by atoms with van der Waals surface area (Å²) in [6.45, 7) is 1.83. The summed E-state index contributed by atoms with van der Waals surface area (Å²) in [4.78, 5) is 22.0. The first kappa shape index (κ1) is 19.1. The maximum Gasteiger partial charge on any atom is 0.255 e. The highest BCUT2D eigenvalue weighted by Crippen LogP contribution is 2.39. The van der Waals surface area contributed by atoms with Crippen LogP contribution in [-0.4, -0.2) is 25.7 Å². The van der Waals surface area contributed by atoms with Gasteiger partial charge in [-0.25, -0.2) is 4.68 Å². The standard InChI is InChI=1S/C22H17ClN6O2/c1-13-18(21(30)26-14-6-4-10-24-12-14)19(15-7-2-3-8-16(15)23)29-22(25-13)27-20(28-29)17-9-5-11-31-17/h2-12,19H,1H3,(H,26,30)(H,25,27,28). The first-order valence-electron chi connectivity index (χ1n) is 9.56. The smallest absolute Gasteiger partial charge is 0.255 e. The van der Waals surface area contributed by atoms with E-state index in [1.165, 1.54) is 0 Å². The van der Waals surface area contributed by atoms with Gasteiger partial charge in [-0.2, -0.15) is 4.98 Å². The number of halogens is 1. The first-order valence-corrected chi connectivity index (χ1v) is 9.93. The number of hydrogen-bond donors (Lipinski definition) is 2. The zero-order valence-corrected chi connectivity index (χ0v) is 17.2. The fourth-order valence-electron chi connectivity index (χ4n) is 3.57. The summed E-state index contributed by atoms with van der Waals surface area (Å²) in [5.41, 5.74) is 2.45. The average molecular weight is 433 g/mol.